The first kappa shape index (κ1) is 16.2. The molecule has 0 aliphatic rings. The van der Waals surface area contributed by atoms with Gasteiger partial charge in [0.2, 0.25) is 0 Å². The first-order valence-corrected chi connectivity index (χ1v) is 5.04. The first-order chi connectivity index (χ1) is 7.13. The Morgan fingerprint density at radius 3 is 2.27 bits per heavy atom. The van der Waals surface area contributed by atoms with Crippen molar-refractivity contribution in [1.29, 1.82) is 0 Å². The van der Waals surface area contributed by atoms with Gasteiger partial charge < -0.3 is 20.9 Å². The number of aliphatic imine (C=N–C) groups is 1. The number of allylic oxidation sites excluding steroid dienone is 1. The Hall–Kier alpha value is -1.23. The second-order valence-corrected chi connectivity index (χ2v) is 2.47. The highest BCUT2D eigenvalue weighted by molar-refractivity contribution is 5.75. The molecule has 5 heteroatoms. The summed E-state index contributed by atoms with van der Waals surface area (Å²) in [5.74, 6) is 0.773. The van der Waals surface area contributed by atoms with Crippen molar-refractivity contribution in [2.45, 2.75) is 20.8 Å². The average Bonchev–Trinajstić information content (AvgIpc) is 2.18. The summed E-state index contributed by atoms with van der Waals surface area (Å²) < 4.78 is 10.2. The molecule has 0 amide bonds. The van der Waals surface area contributed by atoms with Gasteiger partial charge in [-0.3, -0.25) is 4.99 Å². The molecule has 0 rings (SSSR count). The van der Waals surface area contributed by atoms with Crippen LogP contribution in [0.3, 0.4) is 0 Å². The van der Waals surface area contributed by atoms with Crippen LogP contribution in [0.5, 0.6) is 0 Å². The number of hydrogen-bond donors (Lipinski definition) is 2. The van der Waals surface area contributed by atoms with E-state index in [1.807, 2.05) is 13.8 Å². The number of nitrogens with two attached hydrogens (primary N) is 2. The lowest BCUT2D eigenvalue weighted by atomic mass is 10.6. The third-order valence-corrected chi connectivity index (χ3v) is 1.11. The van der Waals surface area contributed by atoms with Gasteiger partial charge in [0.15, 0.2) is 5.96 Å². The molecule has 4 N–H and O–H groups in total. The van der Waals surface area contributed by atoms with Crippen LogP contribution >= 0.6 is 0 Å². The van der Waals surface area contributed by atoms with E-state index in [0.717, 1.165) is 0 Å². The van der Waals surface area contributed by atoms with Crippen molar-refractivity contribution in [2.75, 3.05) is 26.4 Å². The van der Waals surface area contributed by atoms with E-state index in [-0.39, 0.29) is 5.96 Å². The van der Waals surface area contributed by atoms with Crippen molar-refractivity contribution in [3.05, 3.63) is 12.3 Å². The van der Waals surface area contributed by atoms with Gasteiger partial charge in [0.1, 0.15) is 6.61 Å². The highest BCUT2D eigenvalue weighted by atomic mass is 16.5. The molecular formula is C10H23N3O2. The van der Waals surface area contributed by atoms with Crippen LogP contribution in [0.1, 0.15) is 20.8 Å². The highest BCUT2D eigenvalue weighted by Gasteiger charge is 1.89. The molecule has 0 bridgehead atoms. The molecule has 0 unspecified atom stereocenters. The van der Waals surface area contributed by atoms with Gasteiger partial charge in [0.05, 0.1) is 25.5 Å². The monoisotopic (exact) mass is 217 g/mol. The molecule has 90 valence electrons. The summed E-state index contributed by atoms with van der Waals surface area (Å²) in [5.41, 5.74) is 10.2. The molecule has 5 nitrogen and oxygen atoms in total. The van der Waals surface area contributed by atoms with Crippen molar-refractivity contribution in [3.63, 3.8) is 0 Å². The Balaban J connectivity index is 0. The fraction of sp³-hybridized carbons (Fsp3) is 0.700. The Labute approximate surface area is 92.1 Å². The first-order valence-electron chi connectivity index (χ1n) is 5.04. The smallest absolute Gasteiger partial charge is 0.185 e. The van der Waals surface area contributed by atoms with Crippen molar-refractivity contribution in [3.8, 4) is 0 Å². The van der Waals surface area contributed by atoms with Gasteiger partial charge >= 0.3 is 0 Å². The van der Waals surface area contributed by atoms with Crippen LogP contribution in [0, 0.1) is 0 Å². The number of rotatable bonds is 7. The Morgan fingerprint density at radius 2 is 1.80 bits per heavy atom. The third-order valence-electron chi connectivity index (χ3n) is 1.11. The molecule has 0 aromatic heterocycles. The van der Waals surface area contributed by atoms with Gasteiger partial charge in [-0.1, -0.05) is 20.4 Å². The second-order valence-electron chi connectivity index (χ2n) is 2.47. The van der Waals surface area contributed by atoms with Crippen molar-refractivity contribution >= 4 is 5.96 Å². The highest BCUT2D eigenvalue weighted by Crippen LogP contribution is 1.88. The van der Waals surface area contributed by atoms with Gasteiger partial charge in [-0.05, 0) is 6.92 Å². The van der Waals surface area contributed by atoms with Gasteiger partial charge in [-0.25, -0.2) is 0 Å². The maximum absolute atomic E-state index is 5.15. The van der Waals surface area contributed by atoms with Crippen LogP contribution in [-0.4, -0.2) is 32.3 Å². The Kier molecular flexibility index (Phi) is 13.8. The third kappa shape index (κ3) is 19.3. The number of hydrogen-bond acceptors (Lipinski definition) is 3. The summed E-state index contributed by atoms with van der Waals surface area (Å²) in [6.45, 7) is 11.4. The van der Waals surface area contributed by atoms with Crippen LogP contribution in [0.2, 0.25) is 0 Å². The number of ether oxygens (including phenoxy) is 2. The van der Waals surface area contributed by atoms with Gasteiger partial charge in [0, 0.05) is 0 Å². The topological polar surface area (TPSA) is 82.9 Å². The van der Waals surface area contributed by atoms with Crippen LogP contribution in [-0.2, 0) is 9.47 Å². The molecule has 0 aliphatic heterocycles. The molecule has 0 atom stereocenters. The minimum atomic E-state index is 0.0850. The Morgan fingerprint density at radius 1 is 1.20 bits per heavy atom. The van der Waals surface area contributed by atoms with Gasteiger partial charge in [0.25, 0.3) is 0 Å². The maximum Gasteiger partial charge on any atom is 0.185 e. The molecule has 0 aromatic carbocycles. The van der Waals surface area contributed by atoms with Crippen molar-refractivity contribution in [1.82, 2.24) is 0 Å². The van der Waals surface area contributed by atoms with Crippen LogP contribution in [0.15, 0.2) is 17.3 Å². The summed E-state index contributed by atoms with van der Waals surface area (Å²) >= 11 is 0. The largest absolute Gasteiger partial charge is 0.496 e. The molecule has 0 aromatic rings. The molecule has 0 fully saturated rings. The van der Waals surface area contributed by atoms with Crippen molar-refractivity contribution in [2.24, 2.45) is 16.5 Å². The molecule has 0 radical (unpaired) electrons. The van der Waals surface area contributed by atoms with E-state index >= 15 is 0 Å². The fourth-order valence-electron chi connectivity index (χ4n) is 0.616. The average molecular weight is 217 g/mol. The SMILES string of the molecule is C=C(C)OCCOCCN=C(N)N.CC. The quantitative estimate of drug-likeness (QED) is 0.287. The normalized spacial score (nSPS) is 8.47. The van der Waals surface area contributed by atoms with E-state index in [1.54, 1.807) is 6.92 Å². The predicted molar refractivity (Wildman–Crippen MR) is 63.6 cm³/mol. The molecular weight excluding hydrogens is 194 g/mol. The molecule has 0 saturated carbocycles. The van der Waals surface area contributed by atoms with Crippen LogP contribution < -0.4 is 11.5 Å². The van der Waals surface area contributed by atoms with E-state index in [1.165, 1.54) is 0 Å². The lowest BCUT2D eigenvalue weighted by Crippen LogP contribution is -2.23. The summed E-state index contributed by atoms with van der Waals surface area (Å²) in [6.07, 6.45) is 0. The van der Waals surface area contributed by atoms with E-state index in [2.05, 4.69) is 11.6 Å². The molecule has 0 heterocycles. The zero-order valence-electron chi connectivity index (χ0n) is 9.95. The lowest BCUT2D eigenvalue weighted by molar-refractivity contribution is 0.0810. The molecule has 0 aliphatic carbocycles. The van der Waals surface area contributed by atoms with E-state index < -0.39 is 0 Å². The fourth-order valence-corrected chi connectivity index (χ4v) is 0.616. The summed E-state index contributed by atoms with van der Waals surface area (Å²) in [6, 6.07) is 0. The number of guanidine groups is 1. The molecule has 15 heavy (non-hydrogen) atoms. The Bertz CT molecular complexity index is 178. The summed E-state index contributed by atoms with van der Waals surface area (Å²) in [4.78, 5) is 3.75. The minimum Gasteiger partial charge on any atom is -0.496 e. The predicted octanol–water partition coefficient (Wildman–Crippen LogP) is 0.853. The van der Waals surface area contributed by atoms with E-state index in [0.29, 0.717) is 32.1 Å². The molecule has 0 spiro atoms. The van der Waals surface area contributed by atoms with E-state index in [9.17, 15) is 0 Å². The van der Waals surface area contributed by atoms with Crippen molar-refractivity contribution < 1.29 is 9.47 Å². The molecule has 0 saturated heterocycles. The maximum atomic E-state index is 5.15. The lowest BCUT2D eigenvalue weighted by Gasteiger charge is -2.04. The zero-order valence-corrected chi connectivity index (χ0v) is 9.95. The van der Waals surface area contributed by atoms with Crippen LogP contribution in [0.4, 0.5) is 0 Å². The summed E-state index contributed by atoms with van der Waals surface area (Å²) in [5, 5.41) is 0. The number of nitrogens with zero attached hydrogens (tertiary/aromatic N) is 1. The summed E-state index contributed by atoms with van der Waals surface area (Å²) in [7, 11) is 0. The van der Waals surface area contributed by atoms with Gasteiger partial charge in [-0.2, -0.15) is 0 Å². The second kappa shape index (κ2) is 12.8. The van der Waals surface area contributed by atoms with Gasteiger partial charge in [-0.15, -0.1) is 0 Å². The van der Waals surface area contributed by atoms with Crippen LogP contribution in [0.25, 0.3) is 0 Å². The zero-order chi connectivity index (χ0) is 12.1. The van der Waals surface area contributed by atoms with E-state index in [4.69, 9.17) is 20.9 Å². The minimum absolute atomic E-state index is 0.0850. The standard InChI is InChI=1S/C8H17N3O2.C2H6/c1-7(2)13-6-5-12-4-3-11-8(9)10;1-2/h1,3-6H2,2H3,(H4,9,10,11);1-2H3.